The Morgan fingerprint density at radius 2 is 1.87 bits per heavy atom. The van der Waals surface area contributed by atoms with Gasteiger partial charge in [-0.3, -0.25) is 4.79 Å². The molecular formula is C19H18F3N5O2S. The summed E-state index contributed by atoms with van der Waals surface area (Å²) in [5.74, 6) is -0.843. The van der Waals surface area contributed by atoms with Gasteiger partial charge in [0.25, 0.3) is 5.91 Å². The van der Waals surface area contributed by atoms with E-state index in [1.807, 2.05) is 30.5 Å². The summed E-state index contributed by atoms with van der Waals surface area (Å²) in [4.78, 5) is 15.1. The molecule has 3 aromatic rings. The van der Waals surface area contributed by atoms with Crippen LogP contribution in [0.5, 0.6) is 5.88 Å². The number of hydrogen-bond acceptors (Lipinski definition) is 6. The second-order valence-electron chi connectivity index (χ2n) is 6.26. The van der Waals surface area contributed by atoms with Gasteiger partial charge in [-0.15, -0.1) is 22.0 Å². The third-order valence-corrected chi connectivity index (χ3v) is 4.99. The Morgan fingerprint density at radius 3 is 2.40 bits per heavy atom. The normalized spacial score (nSPS) is 11.4. The summed E-state index contributed by atoms with van der Waals surface area (Å²) in [6, 6.07) is 10.1. The number of rotatable bonds is 6. The van der Waals surface area contributed by atoms with Crippen LogP contribution in [0.2, 0.25) is 0 Å². The molecule has 0 spiro atoms. The van der Waals surface area contributed by atoms with Gasteiger partial charge in [-0.2, -0.15) is 18.3 Å². The van der Waals surface area contributed by atoms with E-state index in [1.54, 1.807) is 11.8 Å². The number of aromatic nitrogens is 4. The molecule has 0 aliphatic rings. The van der Waals surface area contributed by atoms with Crippen molar-refractivity contribution in [3.05, 3.63) is 59.4 Å². The predicted octanol–water partition coefficient (Wildman–Crippen LogP) is 3.68. The molecule has 0 bridgehead atoms. The van der Waals surface area contributed by atoms with Gasteiger partial charge in [0.05, 0.1) is 18.9 Å². The predicted molar refractivity (Wildman–Crippen MR) is 105 cm³/mol. The molecule has 0 atom stereocenters. The number of carbonyl (C=O) groups is 1. The Balaban J connectivity index is 1.91. The Kier molecular flexibility index (Phi) is 6.30. The fourth-order valence-corrected chi connectivity index (χ4v) is 3.18. The Hall–Kier alpha value is -3.08. The van der Waals surface area contributed by atoms with Gasteiger partial charge in [-0.1, -0.05) is 12.1 Å². The molecule has 0 unspecified atom stereocenters. The highest BCUT2D eigenvalue weighted by Gasteiger charge is 2.41. The molecule has 0 saturated heterocycles. The zero-order valence-corrected chi connectivity index (χ0v) is 17.2. The smallest absolute Gasteiger partial charge is 0.434 e. The zero-order valence-electron chi connectivity index (χ0n) is 16.3. The van der Waals surface area contributed by atoms with E-state index in [1.165, 1.54) is 31.2 Å². The summed E-state index contributed by atoms with van der Waals surface area (Å²) < 4.78 is 46.8. The van der Waals surface area contributed by atoms with Crippen molar-refractivity contribution in [3.8, 4) is 11.7 Å². The maximum atomic E-state index is 13.8. The minimum Gasteiger partial charge on any atom is -0.480 e. The van der Waals surface area contributed by atoms with Crippen molar-refractivity contribution < 1.29 is 22.7 Å². The molecule has 0 radical (unpaired) electrons. The summed E-state index contributed by atoms with van der Waals surface area (Å²) in [7, 11) is 2.80. The van der Waals surface area contributed by atoms with Crippen molar-refractivity contribution in [1.82, 2.24) is 24.9 Å². The molecule has 158 valence electrons. The van der Waals surface area contributed by atoms with E-state index in [4.69, 9.17) is 4.74 Å². The number of halogens is 3. The summed E-state index contributed by atoms with van der Waals surface area (Å²) >= 11 is 1.57. The lowest BCUT2D eigenvalue weighted by atomic mass is 10.1. The topological polar surface area (TPSA) is 73.1 Å². The van der Waals surface area contributed by atoms with E-state index in [0.29, 0.717) is 4.68 Å². The van der Waals surface area contributed by atoms with Crippen LogP contribution in [-0.4, -0.2) is 51.2 Å². The van der Waals surface area contributed by atoms with Crippen molar-refractivity contribution in [1.29, 1.82) is 0 Å². The second kappa shape index (κ2) is 8.74. The standard InChI is InChI=1S/C19H18F3N5O2S/c1-26(11-12-4-6-13(30-3)7-5-12)18(28)14-10-23-27(17(14)19(20,21)22)15-8-9-16(29-2)25-24-15/h4-10H,11H2,1-3H3. The van der Waals surface area contributed by atoms with E-state index in [2.05, 4.69) is 15.3 Å². The quantitative estimate of drug-likeness (QED) is 0.548. The maximum absolute atomic E-state index is 13.8. The summed E-state index contributed by atoms with van der Waals surface area (Å²) in [6.45, 7) is 0.151. The number of nitrogens with zero attached hydrogens (tertiary/aromatic N) is 5. The van der Waals surface area contributed by atoms with E-state index in [9.17, 15) is 18.0 Å². The van der Waals surface area contributed by atoms with E-state index < -0.39 is 23.3 Å². The van der Waals surface area contributed by atoms with Crippen LogP contribution in [-0.2, 0) is 12.7 Å². The average molecular weight is 437 g/mol. The molecule has 3 rings (SSSR count). The number of alkyl halides is 3. The SMILES string of the molecule is COc1ccc(-n2ncc(C(=O)N(C)Cc3ccc(SC)cc3)c2C(F)(F)F)nn1. The Labute approximate surface area is 174 Å². The molecular weight excluding hydrogens is 419 g/mol. The number of benzene rings is 1. The Bertz CT molecular complexity index is 1020. The molecule has 2 heterocycles. The molecule has 1 amide bonds. The number of hydrogen-bond donors (Lipinski definition) is 0. The highest BCUT2D eigenvalue weighted by Crippen LogP contribution is 2.34. The van der Waals surface area contributed by atoms with Gasteiger partial charge in [-0.25, -0.2) is 4.68 Å². The first-order valence-corrected chi connectivity index (χ1v) is 9.88. The minimum absolute atomic E-state index is 0.142. The van der Waals surface area contributed by atoms with Gasteiger partial charge in [0.2, 0.25) is 5.88 Å². The molecule has 0 aliphatic heterocycles. The van der Waals surface area contributed by atoms with Crippen molar-refractivity contribution >= 4 is 17.7 Å². The van der Waals surface area contributed by atoms with Crippen LogP contribution in [0.15, 0.2) is 47.5 Å². The molecule has 0 aliphatic carbocycles. The number of thioether (sulfide) groups is 1. The van der Waals surface area contributed by atoms with Gasteiger partial charge >= 0.3 is 6.18 Å². The summed E-state index contributed by atoms with van der Waals surface area (Å²) in [5.41, 5.74) is -0.981. The molecule has 0 N–H and O–H groups in total. The number of carbonyl (C=O) groups excluding carboxylic acids is 1. The molecule has 0 saturated carbocycles. The summed E-state index contributed by atoms with van der Waals surface area (Å²) in [5, 5.41) is 11.1. The zero-order chi connectivity index (χ0) is 21.9. The lowest BCUT2D eigenvalue weighted by Crippen LogP contribution is -2.28. The molecule has 11 heteroatoms. The van der Waals surface area contributed by atoms with E-state index in [0.717, 1.165) is 16.7 Å². The highest BCUT2D eigenvalue weighted by molar-refractivity contribution is 7.98. The first-order chi connectivity index (χ1) is 14.2. The van der Waals surface area contributed by atoms with Crippen LogP contribution in [0.4, 0.5) is 13.2 Å². The van der Waals surface area contributed by atoms with Crippen LogP contribution in [0.3, 0.4) is 0 Å². The Morgan fingerprint density at radius 1 is 1.17 bits per heavy atom. The molecule has 2 aromatic heterocycles. The van der Waals surface area contributed by atoms with Crippen LogP contribution >= 0.6 is 11.8 Å². The second-order valence-corrected chi connectivity index (χ2v) is 7.14. The first kappa shape index (κ1) is 21.6. The van der Waals surface area contributed by atoms with Crippen LogP contribution < -0.4 is 4.74 Å². The number of methoxy groups -OCH3 is 1. The lowest BCUT2D eigenvalue weighted by Gasteiger charge is -2.18. The summed E-state index contributed by atoms with van der Waals surface area (Å²) in [6.07, 6.45) is -2.00. The monoisotopic (exact) mass is 437 g/mol. The minimum atomic E-state index is -4.83. The molecule has 0 fully saturated rings. The van der Waals surface area contributed by atoms with Gasteiger partial charge in [0.15, 0.2) is 11.5 Å². The van der Waals surface area contributed by atoms with Crippen molar-refractivity contribution in [2.24, 2.45) is 0 Å². The molecule has 7 nitrogen and oxygen atoms in total. The number of ether oxygens (including phenoxy) is 1. The molecule has 30 heavy (non-hydrogen) atoms. The van der Waals surface area contributed by atoms with Crippen LogP contribution in [0, 0.1) is 0 Å². The molecule has 1 aromatic carbocycles. The first-order valence-electron chi connectivity index (χ1n) is 8.66. The van der Waals surface area contributed by atoms with Gasteiger partial charge < -0.3 is 9.64 Å². The van der Waals surface area contributed by atoms with E-state index in [-0.39, 0.29) is 18.2 Å². The number of amides is 1. The van der Waals surface area contributed by atoms with Crippen molar-refractivity contribution in [3.63, 3.8) is 0 Å². The lowest BCUT2D eigenvalue weighted by molar-refractivity contribution is -0.143. The third kappa shape index (κ3) is 4.56. The van der Waals surface area contributed by atoms with Crippen LogP contribution in [0.1, 0.15) is 21.6 Å². The van der Waals surface area contributed by atoms with Crippen molar-refractivity contribution in [2.75, 3.05) is 20.4 Å². The highest BCUT2D eigenvalue weighted by atomic mass is 32.2. The largest absolute Gasteiger partial charge is 0.480 e. The van der Waals surface area contributed by atoms with E-state index >= 15 is 0 Å². The maximum Gasteiger partial charge on any atom is 0.434 e. The van der Waals surface area contributed by atoms with Crippen molar-refractivity contribution in [2.45, 2.75) is 17.6 Å². The van der Waals surface area contributed by atoms with Gasteiger partial charge in [-0.05, 0) is 30.0 Å². The van der Waals surface area contributed by atoms with Crippen LogP contribution in [0.25, 0.3) is 5.82 Å². The van der Waals surface area contributed by atoms with Gasteiger partial charge in [0.1, 0.15) is 0 Å². The fourth-order valence-electron chi connectivity index (χ4n) is 2.77. The fraction of sp³-hybridized carbons (Fsp3) is 0.263. The third-order valence-electron chi connectivity index (χ3n) is 4.25. The van der Waals surface area contributed by atoms with Gasteiger partial charge in [0, 0.05) is 24.6 Å². The average Bonchev–Trinajstić information content (AvgIpc) is 3.19.